The molecule has 0 saturated carbocycles. The molecule has 1 fully saturated rings. The number of rotatable bonds is 5. The summed E-state index contributed by atoms with van der Waals surface area (Å²) >= 11 is 12.1. The lowest BCUT2D eigenvalue weighted by atomic mass is 9.96. The molecule has 1 heterocycles. The van der Waals surface area contributed by atoms with Crippen molar-refractivity contribution in [3.05, 3.63) is 58.1 Å². The maximum Gasteiger partial charge on any atom is 0.228 e. The van der Waals surface area contributed by atoms with Crippen LogP contribution in [0.15, 0.2) is 42.5 Å². The van der Waals surface area contributed by atoms with Gasteiger partial charge in [0, 0.05) is 23.8 Å². The number of hydrogen-bond donors (Lipinski definition) is 1. The Hall–Kier alpha value is -1.75. The molecule has 1 atom stereocenters. The van der Waals surface area contributed by atoms with Gasteiger partial charge in [-0.3, -0.25) is 9.69 Å². The van der Waals surface area contributed by atoms with Crippen LogP contribution in [0, 0.1) is 5.92 Å². The number of nitrogens with one attached hydrogen (secondary N) is 1. The molecule has 138 valence electrons. The van der Waals surface area contributed by atoms with E-state index in [2.05, 4.69) is 10.2 Å². The molecule has 0 radical (unpaired) electrons. The lowest BCUT2D eigenvalue weighted by molar-refractivity contribution is -0.121. The molecule has 4 nitrogen and oxygen atoms in total. The third-order valence-electron chi connectivity index (χ3n) is 4.62. The number of ether oxygens (including phenoxy) is 1. The molecule has 1 N–H and O–H groups in total. The molecule has 1 saturated heterocycles. The summed E-state index contributed by atoms with van der Waals surface area (Å²) in [7, 11) is 1.57. The third kappa shape index (κ3) is 4.91. The fourth-order valence-electron chi connectivity index (χ4n) is 3.25. The Labute approximate surface area is 164 Å². The fourth-order valence-corrected chi connectivity index (χ4v) is 3.63. The second-order valence-corrected chi connectivity index (χ2v) is 7.38. The van der Waals surface area contributed by atoms with Crippen molar-refractivity contribution in [3.63, 3.8) is 0 Å². The molecule has 0 spiro atoms. The predicted molar refractivity (Wildman–Crippen MR) is 106 cm³/mol. The second-order valence-electron chi connectivity index (χ2n) is 6.54. The summed E-state index contributed by atoms with van der Waals surface area (Å²) in [6.45, 7) is 2.58. The number of methoxy groups -OCH3 is 1. The Balaban J connectivity index is 1.59. The van der Waals surface area contributed by atoms with Gasteiger partial charge in [0.1, 0.15) is 5.75 Å². The van der Waals surface area contributed by atoms with E-state index in [0.717, 1.165) is 37.5 Å². The number of hydrogen-bond acceptors (Lipinski definition) is 3. The summed E-state index contributed by atoms with van der Waals surface area (Å²) in [5.74, 6) is 0.598. The Bertz CT molecular complexity index is 765. The van der Waals surface area contributed by atoms with Crippen LogP contribution in [0.1, 0.15) is 18.4 Å². The number of likely N-dealkylation sites (tertiary alicyclic amines) is 1. The molecule has 3 rings (SSSR count). The minimum absolute atomic E-state index is 0.0306. The molecule has 1 aliphatic rings. The van der Waals surface area contributed by atoms with Gasteiger partial charge in [-0.1, -0.05) is 35.3 Å². The molecule has 0 unspecified atom stereocenters. The number of nitrogens with zero attached hydrogens (tertiary/aromatic N) is 1. The zero-order valence-electron chi connectivity index (χ0n) is 14.7. The monoisotopic (exact) mass is 392 g/mol. The number of anilines is 1. The van der Waals surface area contributed by atoms with Gasteiger partial charge < -0.3 is 10.1 Å². The van der Waals surface area contributed by atoms with E-state index < -0.39 is 0 Å². The van der Waals surface area contributed by atoms with E-state index in [9.17, 15) is 4.79 Å². The number of amides is 1. The van der Waals surface area contributed by atoms with Gasteiger partial charge in [0.15, 0.2) is 0 Å². The first-order valence-corrected chi connectivity index (χ1v) is 9.42. The summed E-state index contributed by atoms with van der Waals surface area (Å²) in [4.78, 5) is 15.0. The summed E-state index contributed by atoms with van der Waals surface area (Å²) in [6.07, 6.45) is 1.90. The maximum absolute atomic E-state index is 12.6. The van der Waals surface area contributed by atoms with Gasteiger partial charge in [-0.15, -0.1) is 0 Å². The SMILES string of the molecule is COc1ccc(NC(=O)[C@@H]2CCCN(Cc3ccc(Cl)cc3)C2)cc1Cl. The average Bonchev–Trinajstić information content (AvgIpc) is 2.64. The van der Waals surface area contributed by atoms with Crippen molar-refractivity contribution in [2.24, 2.45) is 5.92 Å². The molecule has 0 bridgehead atoms. The lowest BCUT2D eigenvalue weighted by Crippen LogP contribution is -2.40. The molecule has 1 aliphatic heterocycles. The highest BCUT2D eigenvalue weighted by molar-refractivity contribution is 6.32. The van der Waals surface area contributed by atoms with Crippen molar-refractivity contribution in [1.82, 2.24) is 4.90 Å². The first-order valence-electron chi connectivity index (χ1n) is 8.66. The highest BCUT2D eigenvalue weighted by Crippen LogP contribution is 2.28. The van der Waals surface area contributed by atoms with Gasteiger partial charge in [0.25, 0.3) is 0 Å². The van der Waals surface area contributed by atoms with Crippen LogP contribution >= 0.6 is 23.2 Å². The molecule has 0 aliphatic carbocycles. The number of carbonyl (C=O) groups is 1. The highest BCUT2D eigenvalue weighted by atomic mass is 35.5. The first kappa shape index (κ1) is 19.0. The van der Waals surface area contributed by atoms with Crippen LogP contribution in [0.4, 0.5) is 5.69 Å². The number of halogens is 2. The molecular weight excluding hydrogens is 371 g/mol. The Morgan fingerprint density at radius 1 is 1.23 bits per heavy atom. The van der Waals surface area contributed by atoms with Crippen molar-refractivity contribution < 1.29 is 9.53 Å². The topological polar surface area (TPSA) is 41.6 Å². The normalized spacial score (nSPS) is 17.7. The summed E-state index contributed by atoms with van der Waals surface area (Å²) < 4.78 is 5.14. The molecular formula is C20H22Cl2N2O2. The van der Waals surface area contributed by atoms with E-state index in [0.29, 0.717) is 16.5 Å². The van der Waals surface area contributed by atoms with Crippen molar-refractivity contribution in [3.8, 4) is 5.75 Å². The lowest BCUT2D eigenvalue weighted by Gasteiger charge is -2.32. The zero-order chi connectivity index (χ0) is 18.5. The summed E-state index contributed by atoms with van der Waals surface area (Å²) in [5, 5.41) is 4.20. The maximum atomic E-state index is 12.6. The summed E-state index contributed by atoms with van der Waals surface area (Å²) in [6, 6.07) is 13.1. The van der Waals surface area contributed by atoms with E-state index in [4.69, 9.17) is 27.9 Å². The number of benzene rings is 2. The quantitative estimate of drug-likeness (QED) is 0.790. The standard InChI is InChI=1S/C20H22Cl2N2O2/c1-26-19-9-8-17(11-18(19)22)23-20(25)15-3-2-10-24(13-15)12-14-4-6-16(21)7-5-14/h4-9,11,15H,2-3,10,12-13H2,1H3,(H,23,25)/t15-/m1/s1. The minimum Gasteiger partial charge on any atom is -0.495 e. The first-order chi connectivity index (χ1) is 12.5. The Kier molecular flexibility index (Phi) is 6.41. The van der Waals surface area contributed by atoms with Crippen LogP contribution in [0.2, 0.25) is 10.0 Å². The van der Waals surface area contributed by atoms with Crippen molar-refractivity contribution >= 4 is 34.8 Å². The second kappa shape index (κ2) is 8.76. The van der Waals surface area contributed by atoms with Gasteiger partial charge in [0.2, 0.25) is 5.91 Å². The molecule has 1 amide bonds. The van der Waals surface area contributed by atoms with E-state index >= 15 is 0 Å². The van der Waals surface area contributed by atoms with Crippen molar-refractivity contribution in [1.29, 1.82) is 0 Å². The van der Waals surface area contributed by atoms with E-state index in [1.807, 2.05) is 24.3 Å². The minimum atomic E-state index is -0.0306. The van der Waals surface area contributed by atoms with E-state index in [-0.39, 0.29) is 11.8 Å². The van der Waals surface area contributed by atoms with E-state index in [1.165, 1.54) is 5.56 Å². The van der Waals surface area contributed by atoms with Crippen LogP contribution in [0.25, 0.3) is 0 Å². The number of carbonyl (C=O) groups excluding carboxylic acids is 1. The van der Waals surface area contributed by atoms with Crippen LogP contribution in [-0.2, 0) is 11.3 Å². The van der Waals surface area contributed by atoms with Crippen molar-refractivity contribution in [2.45, 2.75) is 19.4 Å². The average molecular weight is 393 g/mol. The van der Waals surface area contributed by atoms with Gasteiger partial charge in [0.05, 0.1) is 18.1 Å². The largest absolute Gasteiger partial charge is 0.495 e. The van der Waals surface area contributed by atoms with Crippen molar-refractivity contribution in [2.75, 3.05) is 25.5 Å². The summed E-state index contributed by atoms with van der Waals surface area (Å²) in [5.41, 5.74) is 1.90. The molecule has 26 heavy (non-hydrogen) atoms. The fraction of sp³-hybridized carbons (Fsp3) is 0.350. The van der Waals surface area contributed by atoms with Crippen LogP contribution < -0.4 is 10.1 Å². The van der Waals surface area contributed by atoms with Crippen LogP contribution in [0.3, 0.4) is 0 Å². The molecule has 2 aromatic carbocycles. The van der Waals surface area contributed by atoms with Crippen LogP contribution in [0.5, 0.6) is 5.75 Å². The number of piperidine rings is 1. The zero-order valence-corrected chi connectivity index (χ0v) is 16.2. The molecule has 6 heteroatoms. The highest BCUT2D eigenvalue weighted by Gasteiger charge is 2.26. The predicted octanol–water partition coefficient (Wildman–Crippen LogP) is 4.85. The van der Waals surface area contributed by atoms with Gasteiger partial charge in [-0.2, -0.15) is 0 Å². The van der Waals surface area contributed by atoms with Gasteiger partial charge in [-0.05, 0) is 55.3 Å². The third-order valence-corrected chi connectivity index (χ3v) is 5.16. The smallest absolute Gasteiger partial charge is 0.228 e. The van der Waals surface area contributed by atoms with Crippen LogP contribution in [-0.4, -0.2) is 31.0 Å². The Morgan fingerprint density at radius 3 is 2.69 bits per heavy atom. The van der Waals surface area contributed by atoms with Gasteiger partial charge >= 0.3 is 0 Å². The molecule has 2 aromatic rings. The Morgan fingerprint density at radius 2 is 2.00 bits per heavy atom. The van der Waals surface area contributed by atoms with Gasteiger partial charge in [-0.25, -0.2) is 0 Å². The molecule has 0 aromatic heterocycles. The van der Waals surface area contributed by atoms with E-state index in [1.54, 1.807) is 25.3 Å².